The zero-order valence-electron chi connectivity index (χ0n) is 11.6. The Balaban J connectivity index is 2.22. The van der Waals surface area contributed by atoms with Crippen LogP contribution in [-0.4, -0.2) is 20.1 Å². The molecule has 0 spiro atoms. The van der Waals surface area contributed by atoms with Gasteiger partial charge in [-0.15, -0.1) is 0 Å². The predicted octanol–water partition coefficient (Wildman–Crippen LogP) is 1.83. The summed E-state index contributed by atoms with van der Waals surface area (Å²) in [6.45, 7) is -0.244. The lowest BCUT2D eigenvalue weighted by molar-refractivity contribution is 0.350. The van der Waals surface area contributed by atoms with Gasteiger partial charge < -0.3 is 5.11 Å². The van der Waals surface area contributed by atoms with E-state index in [0.717, 1.165) is 0 Å². The van der Waals surface area contributed by atoms with E-state index < -0.39 is 10.0 Å². The molecule has 0 amide bonds. The zero-order chi connectivity index (χ0) is 15.8. The fraction of sp³-hybridized carbons (Fsp3) is 0.0588. The van der Waals surface area contributed by atoms with Crippen LogP contribution in [-0.2, 0) is 10.0 Å². The Bertz CT molecular complexity index is 867. The van der Waals surface area contributed by atoms with Crippen LogP contribution in [0.25, 0.3) is 0 Å². The van der Waals surface area contributed by atoms with E-state index in [4.69, 9.17) is 5.11 Å². The van der Waals surface area contributed by atoms with Crippen molar-refractivity contribution in [3.63, 3.8) is 0 Å². The number of hydrogen-bond donors (Lipinski definition) is 2. The van der Waals surface area contributed by atoms with Gasteiger partial charge in [0.1, 0.15) is 6.61 Å². The smallest absolute Gasteiger partial charge is 0.261 e. The molecule has 0 heterocycles. The van der Waals surface area contributed by atoms with Crippen molar-refractivity contribution in [1.29, 1.82) is 0 Å². The minimum Gasteiger partial charge on any atom is -0.384 e. The molecular weight excluding hydrogens is 298 g/mol. The highest BCUT2D eigenvalue weighted by Gasteiger charge is 2.13. The quantitative estimate of drug-likeness (QED) is 0.850. The zero-order valence-corrected chi connectivity index (χ0v) is 12.4. The van der Waals surface area contributed by atoms with Crippen LogP contribution in [0.15, 0.2) is 59.5 Å². The van der Waals surface area contributed by atoms with Crippen molar-refractivity contribution in [3.05, 3.63) is 60.2 Å². The summed E-state index contributed by atoms with van der Waals surface area (Å²) in [7, 11) is -3.62. The highest BCUT2D eigenvalue weighted by molar-refractivity contribution is 7.92. The first kappa shape index (κ1) is 15.7. The first-order valence-electron chi connectivity index (χ1n) is 6.39. The third-order valence-electron chi connectivity index (χ3n) is 2.61. The second-order valence-electron chi connectivity index (χ2n) is 4.21. The van der Waals surface area contributed by atoms with E-state index in [1.54, 1.807) is 42.5 Å². The second kappa shape index (κ2) is 7.33. The molecule has 0 fully saturated rings. The molecule has 2 rings (SSSR count). The van der Waals surface area contributed by atoms with E-state index in [9.17, 15) is 8.42 Å². The number of hydrogen-bond acceptors (Lipinski definition) is 3. The molecule has 0 unspecified atom stereocenters. The van der Waals surface area contributed by atoms with E-state index in [2.05, 4.69) is 28.4 Å². The van der Waals surface area contributed by atoms with Crippen molar-refractivity contribution >= 4 is 15.7 Å². The fourth-order valence-corrected chi connectivity index (χ4v) is 2.73. The summed E-state index contributed by atoms with van der Waals surface area (Å²) in [4.78, 5) is 0.195. The highest BCUT2D eigenvalue weighted by Crippen LogP contribution is 2.16. The molecule has 2 aromatic carbocycles. The number of aliphatic hydroxyl groups excluding tert-OH is 1. The maximum absolute atomic E-state index is 12.2. The molecule has 0 aliphatic rings. The topological polar surface area (TPSA) is 66.4 Å². The number of aliphatic hydroxyl groups is 1. The number of rotatable bonds is 3. The van der Waals surface area contributed by atoms with Crippen LogP contribution in [0.2, 0.25) is 0 Å². The molecule has 0 aromatic heterocycles. The largest absolute Gasteiger partial charge is 0.384 e. The number of sulfonamides is 1. The summed E-state index contributed by atoms with van der Waals surface area (Å²) >= 11 is 0. The monoisotopic (exact) mass is 311 g/mol. The standard InChI is InChI=1S/C17H13NO3S/c19-13-6-2-3-8-15-9-7-10-16(14-15)18-22(20,21)17-11-4-1-5-12-17/h1,4-5,7,9-12,14,18-19H,13H2. The van der Waals surface area contributed by atoms with Gasteiger partial charge in [0.05, 0.1) is 10.6 Å². The van der Waals surface area contributed by atoms with Crippen LogP contribution in [0.3, 0.4) is 0 Å². The maximum Gasteiger partial charge on any atom is 0.261 e. The first-order chi connectivity index (χ1) is 10.6. The van der Waals surface area contributed by atoms with Gasteiger partial charge in [0.15, 0.2) is 0 Å². The van der Waals surface area contributed by atoms with Crippen molar-refractivity contribution in [2.75, 3.05) is 11.3 Å². The lowest BCUT2D eigenvalue weighted by Gasteiger charge is -2.08. The molecule has 0 atom stereocenters. The van der Waals surface area contributed by atoms with E-state index >= 15 is 0 Å². The van der Waals surface area contributed by atoms with Crippen molar-refractivity contribution in [2.45, 2.75) is 4.90 Å². The fourth-order valence-electron chi connectivity index (χ4n) is 1.66. The molecular formula is C17H13NO3S. The molecule has 0 aliphatic heterocycles. The van der Waals surface area contributed by atoms with Crippen LogP contribution in [0.1, 0.15) is 5.56 Å². The Kier molecular flexibility index (Phi) is 5.21. The van der Waals surface area contributed by atoms with Crippen LogP contribution in [0.5, 0.6) is 0 Å². The van der Waals surface area contributed by atoms with E-state index in [0.29, 0.717) is 11.3 Å². The Morgan fingerprint density at radius 3 is 2.50 bits per heavy atom. The summed E-state index contributed by atoms with van der Waals surface area (Å²) in [5.41, 5.74) is 1.05. The molecule has 0 bridgehead atoms. The van der Waals surface area contributed by atoms with Gasteiger partial charge >= 0.3 is 0 Å². The van der Waals surface area contributed by atoms with Gasteiger partial charge in [-0.2, -0.15) is 0 Å². The molecule has 0 aliphatic carbocycles. The van der Waals surface area contributed by atoms with Crippen LogP contribution in [0, 0.1) is 23.7 Å². The summed E-state index contributed by atoms with van der Waals surface area (Å²) < 4.78 is 26.9. The van der Waals surface area contributed by atoms with Crippen molar-refractivity contribution in [3.8, 4) is 23.7 Å². The first-order valence-corrected chi connectivity index (χ1v) is 7.88. The average molecular weight is 311 g/mol. The summed E-state index contributed by atoms with van der Waals surface area (Å²) in [5.74, 6) is 10.2. The summed E-state index contributed by atoms with van der Waals surface area (Å²) in [5, 5.41) is 8.53. The minimum atomic E-state index is -3.62. The molecule has 4 nitrogen and oxygen atoms in total. The molecule has 0 saturated heterocycles. The maximum atomic E-state index is 12.2. The number of benzene rings is 2. The minimum absolute atomic E-state index is 0.195. The highest BCUT2D eigenvalue weighted by atomic mass is 32.2. The predicted molar refractivity (Wildman–Crippen MR) is 85.4 cm³/mol. The molecule has 0 saturated carbocycles. The van der Waals surface area contributed by atoms with Crippen LogP contribution < -0.4 is 4.72 Å². The van der Waals surface area contributed by atoms with Crippen LogP contribution in [0.4, 0.5) is 5.69 Å². The van der Waals surface area contributed by atoms with E-state index in [1.807, 2.05) is 0 Å². The average Bonchev–Trinajstić information content (AvgIpc) is 2.52. The normalized spacial score (nSPS) is 9.86. The molecule has 22 heavy (non-hydrogen) atoms. The number of nitrogens with one attached hydrogen (secondary N) is 1. The second-order valence-corrected chi connectivity index (χ2v) is 5.89. The molecule has 0 radical (unpaired) electrons. The molecule has 110 valence electrons. The van der Waals surface area contributed by atoms with E-state index in [-0.39, 0.29) is 11.5 Å². The summed E-state index contributed by atoms with van der Waals surface area (Å²) in [6, 6.07) is 14.8. The SMILES string of the molecule is O=S(=O)(Nc1cccc(C#CC#CCO)c1)c1ccccc1. The van der Waals surface area contributed by atoms with Gasteiger partial charge in [-0.1, -0.05) is 36.1 Å². The van der Waals surface area contributed by atoms with E-state index in [1.165, 1.54) is 12.1 Å². The number of anilines is 1. The molecule has 2 aromatic rings. The Hall–Kier alpha value is -2.73. The van der Waals surface area contributed by atoms with Crippen LogP contribution >= 0.6 is 0 Å². The molecule has 2 N–H and O–H groups in total. The van der Waals surface area contributed by atoms with Gasteiger partial charge in [0.2, 0.25) is 0 Å². The van der Waals surface area contributed by atoms with Gasteiger partial charge in [-0.3, -0.25) is 4.72 Å². The Morgan fingerprint density at radius 2 is 1.77 bits per heavy atom. The van der Waals surface area contributed by atoms with Gasteiger partial charge in [0.25, 0.3) is 10.0 Å². The van der Waals surface area contributed by atoms with Crippen molar-refractivity contribution in [1.82, 2.24) is 0 Å². The Morgan fingerprint density at radius 1 is 1.00 bits per heavy atom. The van der Waals surface area contributed by atoms with Gasteiger partial charge in [-0.05, 0) is 42.2 Å². The van der Waals surface area contributed by atoms with Gasteiger partial charge in [-0.25, -0.2) is 8.42 Å². The third kappa shape index (κ3) is 4.39. The van der Waals surface area contributed by atoms with Crippen molar-refractivity contribution < 1.29 is 13.5 Å². The lowest BCUT2D eigenvalue weighted by Crippen LogP contribution is -2.12. The molecule has 5 heteroatoms. The Labute approximate surface area is 129 Å². The lowest BCUT2D eigenvalue weighted by atomic mass is 10.2. The van der Waals surface area contributed by atoms with Gasteiger partial charge in [0, 0.05) is 5.56 Å². The summed E-state index contributed by atoms with van der Waals surface area (Å²) in [6.07, 6.45) is 0. The third-order valence-corrected chi connectivity index (χ3v) is 4.00. The van der Waals surface area contributed by atoms with Crippen molar-refractivity contribution in [2.24, 2.45) is 0 Å².